The summed E-state index contributed by atoms with van der Waals surface area (Å²) in [5, 5.41) is 3.29. The Labute approximate surface area is 121 Å². The number of alkyl halides is 1. The van der Waals surface area contributed by atoms with Crippen LogP contribution in [0, 0.1) is 0 Å². The van der Waals surface area contributed by atoms with E-state index in [1.54, 1.807) is 45.0 Å². The molecule has 1 aromatic carbocycles. The molecule has 0 heterocycles. The van der Waals surface area contributed by atoms with Crippen LogP contribution in [0.2, 0.25) is 0 Å². The fraction of sp³-hybridized carbons (Fsp3) is 0.429. The van der Waals surface area contributed by atoms with Crippen LogP contribution in [0.25, 0.3) is 0 Å². The molecule has 0 aliphatic rings. The Kier molecular flexibility index (Phi) is 5.54. The van der Waals surface area contributed by atoms with Crippen molar-refractivity contribution in [1.82, 2.24) is 0 Å². The lowest BCUT2D eigenvalue weighted by atomic mass is 10.1. The summed E-state index contributed by atoms with van der Waals surface area (Å²) in [6.45, 7) is 5.41. The maximum atomic E-state index is 12.0. The monoisotopic (exact) mass is 327 g/mol. The molecule has 1 aromatic rings. The third-order valence-electron chi connectivity index (χ3n) is 2.14. The van der Waals surface area contributed by atoms with E-state index in [1.807, 2.05) is 0 Å². The molecule has 0 saturated carbocycles. The summed E-state index contributed by atoms with van der Waals surface area (Å²) in [5.41, 5.74) is 0.271. The zero-order chi connectivity index (χ0) is 14.5. The van der Waals surface area contributed by atoms with Crippen molar-refractivity contribution in [1.29, 1.82) is 0 Å². The number of anilines is 1. The van der Waals surface area contributed by atoms with Crippen LogP contribution in [0.3, 0.4) is 0 Å². The minimum Gasteiger partial charge on any atom is -0.456 e. The quantitative estimate of drug-likeness (QED) is 0.681. The molecule has 0 saturated heterocycles. The molecule has 5 heteroatoms. The first-order chi connectivity index (χ1) is 8.83. The Hall–Kier alpha value is -1.36. The molecule has 0 atom stereocenters. The second kappa shape index (κ2) is 6.70. The number of nitrogens with one attached hydrogen (secondary N) is 1. The van der Waals surface area contributed by atoms with Crippen molar-refractivity contribution < 1.29 is 14.3 Å². The van der Waals surface area contributed by atoms with Crippen LogP contribution >= 0.6 is 15.9 Å². The van der Waals surface area contributed by atoms with Gasteiger partial charge in [-0.3, -0.25) is 4.79 Å². The van der Waals surface area contributed by atoms with Crippen molar-refractivity contribution in [3.63, 3.8) is 0 Å². The van der Waals surface area contributed by atoms with Crippen LogP contribution in [0.5, 0.6) is 0 Å². The molecule has 0 spiro atoms. The van der Waals surface area contributed by atoms with Gasteiger partial charge in [-0.05, 0) is 32.9 Å². The maximum Gasteiger partial charge on any atom is 0.340 e. The highest BCUT2D eigenvalue weighted by atomic mass is 79.9. The van der Waals surface area contributed by atoms with Crippen molar-refractivity contribution in [2.24, 2.45) is 0 Å². The van der Waals surface area contributed by atoms with Crippen LogP contribution in [0.1, 0.15) is 37.6 Å². The van der Waals surface area contributed by atoms with E-state index in [0.717, 1.165) is 0 Å². The van der Waals surface area contributed by atoms with Gasteiger partial charge in [-0.1, -0.05) is 28.1 Å². The number of ether oxygens (including phenoxy) is 1. The Bertz CT molecular complexity index is 466. The number of para-hydroxylation sites is 1. The van der Waals surface area contributed by atoms with E-state index in [4.69, 9.17) is 4.74 Å². The molecule has 0 fully saturated rings. The van der Waals surface area contributed by atoms with Gasteiger partial charge in [0.25, 0.3) is 0 Å². The lowest BCUT2D eigenvalue weighted by molar-refractivity contribution is -0.115. The van der Waals surface area contributed by atoms with E-state index in [2.05, 4.69) is 21.2 Å². The molecular formula is C14H18BrNO3. The van der Waals surface area contributed by atoms with Crippen molar-refractivity contribution in [3.8, 4) is 0 Å². The second-order valence-corrected chi connectivity index (χ2v) is 5.83. The summed E-state index contributed by atoms with van der Waals surface area (Å²) >= 11 is 3.20. The topological polar surface area (TPSA) is 55.4 Å². The molecule has 0 radical (unpaired) electrons. The van der Waals surface area contributed by atoms with E-state index >= 15 is 0 Å². The molecule has 19 heavy (non-hydrogen) atoms. The zero-order valence-electron chi connectivity index (χ0n) is 11.3. The second-order valence-electron chi connectivity index (χ2n) is 5.03. The average Bonchev–Trinajstić information content (AvgIpc) is 2.27. The molecule has 104 valence electrons. The molecule has 0 unspecified atom stereocenters. The summed E-state index contributed by atoms with van der Waals surface area (Å²) in [5.74, 6) is -0.588. The van der Waals surface area contributed by atoms with Gasteiger partial charge < -0.3 is 10.1 Å². The van der Waals surface area contributed by atoms with Crippen LogP contribution in [-0.2, 0) is 9.53 Å². The smallest absolute Gasteiger partial charge is 0.340 e. The van der Waals surface area contributed by atoms with Crippen LogP contribution in [0.15, 0.2) is 24.3 Å². The fourth-order valence-electron chi connectivity index (χ4n) is 1.40. The normalized spacial score (nSPS) is 10.9. The van der Waals surface area contributed by atoms with E-state index in [-0.39, 0.29) is 5.91 Å². The van der Waals surface area contributed by atoms with E-state index in [0.29, 0.717) is 23.0 Å². The van der Waals surface area contributed by atoms with Crippen molar-refractivity contribution in [2.45, 2.75) is 32.8 Å². The number of esters is 1. The van der Waals surface area contributed by atoms with Gasteiger partial charge in [0.2, 0.25) is 5.91 Å². The first-order valence-electron chi connectivity index (χ1n) is 6.01. The minimum absolute atomic E-state index is 0.145. The molecule has 4 nitrogen and oxygen atoms in total. The Balaban J connectivity index is 2.89. The summed E-state index contributed by atoms with van der Waals surface area (Å²) in [6, 6.07) is 6.82. The average molecular weight is 328 g/mol. The van der Waals surface area contributed by atoms with Crippen LogP contribution < -0.4 is 5.32 Å². The summed E-state index contributed by atoms with van der Waals surface area (Å²) in [4.78, 5) is 23.6. The first-order valence-corrected chi connectivity index (χ1v) is 7.14. The number of hydrogen-bond acceptors (Lipinski definition) is 3. The van der Waals surface area contributed by atoms with Gasteiger partial charge in [-0.2, -0.15) is 0 Å². The molecule has 1 amide bonds. The van der Waals surface area contributed by atoms with E-state index < -0.39 is 11.6 Å². The number of benzene rings is 1. The van der Waals surface area contributed by atoms with Gasteiger partial charge in [-0.25, -0.2) is 4.79 Å². The predicted octanol–water partition coefficient (Wildman–Crippen LogP) is 3.37. The fourth-order valence-corrected chi connectivity index (χ4v) is 1.76. The van der Waals surface area contributed by atoms with E-state index in [1.165, 1.54) is 0 Å². The van der Waals surface area contributed by atoms with E-state index in [9.17, 15) is 9.59 Å². The summed E-state index contributed by atoms with van der Waals surface area (Å²) in [7, 11) is 0. The molecule has 0 aliphatic heterocycles. The van der Waals surface area contributed by atoms with Crippen molar-refractivity contribution in [3.05, 3.63) is 29.8 Å². The summed E-state index contributed by atoms with van der Waals surface area (Å²) in [6.07, 6.45) is 0.350. The SMILES string of the molecule is CC(C)(C)OC(=O)c1ccccc1NC(=O)CCBr. The number of amides is 1. The minimum atomic E-state index is -0.565. The Morgan fingerprint density at radius 2 is 1.89 bits per heavy atom. The third-order valence-corrected chi connectivity index (χ3v) is 2.54. The number of halogens is 1. The Morgan fingerprint density at radius 3 is 2.47 bits per heavy atom. The molecular weight excluding hydrogens is 310 g/mol. The van der Waals surface area contributed by atoms with Crippen LogP contribution in [0.4, 0.5) is 5.69 Å². The lowest BCUT2D eigenvalue weighted by Crippen LogP contribution is -2.25. The van der Waals surface area contributed by atoms with Crippen molar-refractivity contribution in [2.75, 3.05) is 10.6 Å². The van der Waals surface area contributed by atoms with Gasteiger partial charge >= 0.3 is 5.97 Å². The van der Waals surface area contributed by atoms with Gasteiger partial charge in [0.15, 0.2) is 0 Å². The summed E-state index contributed by atoms with van der Waals surface area (Å²) < 4.78 is 5.31. The molecule has 0 bridgehead atoms. The number of carbonyl (C=O) groups is 2. The molecule has 1 rings (SSSR count). The molecule has 0 aromatic heterocycles. The maximum absolute atomic E-state index is 12.0. The number of hydrogen-bond donors (Lipinski definition) is 1. The number of carbonyl (C=O) groups excluding carboxylic acids is 2. The highest BCUT2D eigenvalue weighted by molar-refractivity contribution is 9.09. The standard InChI is InChI=1S/C14H18BrNO3/c1-14(2,3)19-13(18)10-6-4-5-7-11(10)16-12(17)8-9-15/h4-7H,8-9H2,1-3H3,(H,16,17). The first kappa shape index (κ1) is 15.7. The largest absolute Gasteiger partial charge is 0.456 e. The highest BCUT2D eigenvalue weighted by Crippen LogP contribution is 2.19. The van der Waals surface area contributed by atoms with Crippen LogP contribution in [-0.4, -0.2) is 22.8 Å². The third kappa shape index (κ3) is 5.42. The van der Waals surface area contributed by atoms with Gasteiger partial charge in [-0.15, -0.1) is 0 Å². The Morgan fingerprint density at radius 1 is 1.26 bits per heavy atom. The van der Waals surface area contributed by atoms with Gasteiger partial charge in [0.05, 0.1) is 11.3 Å². The highest BCUT2D eigenvalue weighted by Gasteiger charge is 2.20. The lowest BCUT2D eigenvalue weighted by Gasteiger charge is -2.20. The van der Waals surface area contributed by atoms with Gasteiger partial charge in [0.1, 0.15) is 5.60 Å². The van der Waals surface area contributed by atoms with Gasteiger partial charge in [0, 0.05) is 11.8 Å². The number of rotatable bonds is 4. The zero-order valence-corrected chi connectivity index (χ0v) is 12.9. The predicted molar refractivity (Wildman–Crippen MR) is 78.7 cm³/mol. The molecule has 0 aliphatic carbocycles. The van der Waals surface area contributed by atoms with Crippen molar-refractivity contribution >= 4 is 33.5 Å². The molecule has 1 N–H and O–H groups in total.